The first-order valence-corrected chi connectivity index (χ1v) is 8.79. The van der Waals surface area contributed by atoms with Crippen LogP contribution < -0.4 is 5.32 Å². The van der Waals surface area contributed by atoms with Crippen molar-refractivity contribution >= 4 is 5.91 Å². The number of hydrogen-bond donors (Lipinski definition) is 1. The molecule has 0 bridgehead atoms. The van der Waals surface area contributed by atoms with Gasteiger partial charge in [0.05, 0.1) is 18.3 Å². The zero-order chi connectivity index (χ0) is 16.8. The van der Waals surface area contributed by atoms with Crippen molar-refractivity contribution in [1.82, 2.24) is 20.0 Å². The normalized spacial score (nSPS) is 18.5. The zero-order valence-electron chi connectivity index (χ0n) is 14.3. The van der Waals surface area contributed by atoms with Gasteiger partial charge in [-0.3, -0.25) is 4.79 Å². The minimum atomic E-state index is 0.0627. The maximum Gasteiger partial charge on any atom is 0.224 e. The summed E-state index contributed by atoms with van der Waals surface area (Å²) in [7, 11) is 0. The van der Waals surface area contributed by atoms with Gasteiger partial charge in [0.1, 0.15) is 0 Å². The molecule has 1 atom stereocenters. The van der Waals surface area contributed by atoms with Gasteiger partial charge in [0, 0.05) is 25.8 Å². The van der Waals surface area contributed by atoms with Gasteiger partial charge in [0.2, 0.25) is 5.91 Å². The minimum Gasteiger partial charge on any atom is -0.355 e. The lowest BCUT2D eigenvalue weighted by Crippen LogP contribution is -2.40. The number of likely N-dealkylation sites (tertiary alicyclic amines) is 1. The number of nitrogens with zero attached hydrogens (tertiary/aromatic N) is 3. The Labute approximate surface area is 143 Å². The molecule has 5 heteroatoms. The molecule has 1 N–H and O–H groups in total. The van der Waals surface area contributed by atoms with Crippen LogP contribution in [0.15, 0.2) is 42.7 Å². The number of carbonyl (C=O) groups is 1. The van der Waals surface area contributed by atoms with E-state index in [0.29, 0.717) is 6.42 Å². The molecule has 1 aliphatic heterocycles. The highest BCUT2D eigenvalue weighted by Crippen LogP contribution is 2.14. The third-order valence-corrected chi connectivity index (χ3v) is 4.51. The summed E-state index contributed by atoms with van der Waals surface area (Å²) in [4.78, 5) is 14.5. The van der Waals surface area contributed by atoms with E-state index in [4.69, 9.17) is 0 Å². The van der Waals surface area contributed by atoms with Crippen molar-refractivity contribution in [2.24, 2.45) is 5.92 Å². The zero-order valence-corrected chi connectivity index (χ0v) is 14.3. The Hall–Kier alpha value is -2.14. The van der Waals surface area contributed by atoms with E-state index in [1.54, 1.807) is 10.9 Å². The molecule has 0 saturated carbocycles. The van der Waals surface area contributed by atoms with Gasteiger partial charge in [-0.1, -0.05) is 25.1 Å². The first-order chi connectivity index (χ1) is 11.7. The summed E-state index contributed by atoms with van der Waals surface area (Å²) in [6.45, 7) is 6.27. The van der Waals surface area contributed by atoms with Crippen LogP contribution in [0.4, 0.5) is 0 Å². The van der Waals surface area contributed by atoms with Gasteiger partial charge in [-0.25, -0.2) is 4.68 Å². The third-order valence-electron chi connectivity index (χ3n) is 4.51. The van der Waals surface area contributed by atoms with E-state index < -0.39 is 0 Å². The Balaban J connectivity index is 1.43. The SMILES string of the molecule is C[C@H]1CCCN(CCNC(=O)Cc2cnn(-c3ccccc3)c2)C1. The van der Waals surface area contributed by atoms with Crippen molar-refractivity contribution < 1.29 is 4.79 Å². The quantitative estimate of drug-likeness (QED) is 0.886. The van der Waals surface area contributed by atoms with Crippen LogP contribution in [0.25, 0.3) is 5.69 Å². The van der Waals surface area contributed by atoms with Gasteiger partial charge in [0.15, 0.2) is 0 Å². The molecule has 1 fully saturated rings. The lowest BCUT2D eigenvalue weighted by molar-refractivity contribution is -0.120. The van der Waals surface area contributed by atoms with Crippen LogP contribution in [-0.4, -0.2) is 46.8 Å². The highest BCUT2D eigenvalue weighted by Gasteiger charge is 2.15. The van der Waals surface area contributed by atoms with E-state index in [1.807, 2.05) is 36.5 Å². The van der Waals surface area contributed by atoms with Crippen molar-refractivity contribution in [2.45, 2.75) is 26.2 Å². The predicted molar refractivity (Wildman–Crippen MR) is 95.1 cm³/mol. The highest BCUT2D eigenvalue weighted by atomic mass is 16.1. The molecule has 1 saturated heterocycles. The maximum absolute atomic E-state index is 12.1. The lowest BCUT2D eigenvalue weighted by Gasteiger charge is -2.30. The number of nitrogens with one attached hydrogen (secondary N) is 1. The van der Waals surface area contributed by atoms with E-state index in [0.717, 1.165) is 43.3 Å². The Kier molecular flexibility index (Phi) is 5.64. The molecule has 2 heterocycles. The number of piperidine rings is 1. The van der Waals surface area contributed by atoms with E-state index >= 15 is 0 Å². The Morgan fingerprint density at radius 2 is 2.17 bits per heavy atom. The van der Waals surface area contributed by atoms with Crippen LogP contribution >= 0.6 is 0 Å². The molecular formula is C19H26N4O. The number of para-hydroxylation sites is 1. The van der Waals surface area contributed by atoms with Gasteiger partial charge in [-0.05, 0) is 43.0 Å². The molecule has 3 rings (SSSR count). The molecule has 1 aliphatic rings. The highest BCUT2D eigenvalue weighted by molar-refractivity contribution is 5.78. The largest absolute Gasteiger partial charge is 0.355 e. The standard InChI is InChI=1S/C19H26N4O/c1-16-6-5-10-22(14-16)11-9-20-19(24)12-17-13-21-23(15-17)18-7-3-2-4-8-18/h2-4,7-8,13,15-16H,5-6,9-12,14H2,1H3,(H,20,24)/t16-/m0/s1. The Morgan fingerprint density at radius 1 is 1.33 bits per heavy atom. The molecule has 1 amide bonds. The second kappa shape index (κ2) is 8.11. The summed E-state index contributed by atoms with van der Waals surface area (Å²) in [5.41, 5.74) is 1.94. The summed E-state index contributed by atoms with van der Waals surface area (Å²) in [5.74, 6) is 0.839. The summed E-state index contributed by atoms with van der Waals surface area (Å²) >= 11 is 0. The molecule has 2 aromatic rings. The van der Waals surface area contributed by atoms with Gasteiger partial charge >= 0.3 is 0 Å². The van der Waals surface area contributed by atoms with E-state index in [2.05, 4.69) is 22.2 Å². The monoisotopic (exact) mass is 326 g/mol. The molecule has 1 aromatic heterocycles. The number of hydrogen-bond acceptors (Lipinski definition) is 3. The maximum atomic E-state index is 12.1. The van der Waals surface area contributed by atoms with Crippen molar-refractivity contribution in [3.05, 3.63) is 48.3 Å². The predicted octanol–water partition coefficient (Wildman–Crippen LogP) is 2.26. The van der Waals surface area contributed by atoms with Gasteiger partial charge < -0.3 is 10.2 Å². The van der Waals surface area contributed by atoms with E-state index in [-0.39, 0.29) is 5.91 Å². The topological polar surface area (TPSA) is 50.2 Å². The van der Waals surface area contributed by atoms with Crippen LogP contribution in [0.3, 0.4) is 0 Å². The second-order valence-corrected chi connectivity index (χ2v) is 6.70. The minimum absolute atomic E-state index is 0.0627. The first kappa shape index (κ1) is 16.7. The smallest absolute Gasteiger partial charge is 0.224 e. The first-order valence-electron chi connectivity index (χ1n) is 8.79. The number of aromatic nitrogens is 2. The van der Waals surface area contributed by atoms with Crippen LogP contribution in [0.2, 0.25) is 0 Å². The lowest BCUT2D eigenvalue weighted by atomic mass is 10.0. The summed E-state index contributed by atoms with van der Waals surface area (Å²) in [5, 5.41) is 7.35. The Morgan fingerprint density at radius 3 is 2.96 bits per heavy atom. The fraction of sp³-hybridized carbons (Fsp3) is 0.474. The average Bonchev–Trinajstić information content (AvgIpc) is 3.04. The van der Waals surface area contributed by atoms with E-state index in [1.165, 1.54) is 12.8 Å². The number of benzene rings is 1. The van der Waals surface area contributed by atoms with Crippen LogP contribution in [0, 0.1) is 5.92 Å². The van der Waals surface area contributed by atoms with Crippen molar-refractivity contribution in [2.75, 3.05) is 26.2 Å². The fourth-order valence-corrected chi connectivity index (χ4v) is 3.26. The Bertz CT molecular complexity index is 652. The molecule has 0 radical (unpaired) electrons. The third kappa shape index (κ3) is 4.68. The summed E-state index contributed by atoms with van der Waals surface area (Å²) in [6, 6.07) is 9.92. The second-order valence-electron chi connectivity index (χ2n) is 6.70. The number of amides is 1. The van der Waals surface area contributed by atoms with Crippen LogP contribution in [0.5, 0.6) is 0 Å². The van der Waals surface area contributed by atoms with Crippen LogP contribution in [-0.2, 0) is 11.2 Å². The molecular weight excluding hydrogens is 300 g/mol. The molecule has 128 valence electrons. The van der Waals surface area contributed by atoms with Crippen LogP contribution in [0.1, 0.15) is 25.3 Å². The average molecular weight is 326 g/mol. The molecule has 5 nitrogen and oxygen atoms in total. The molecule has 1 aromatic carbocycles. The number of carbonyl (C=O) groups excluding carboxylic acids is 1. The van der Waals surface area contributed by atoms with E-state index in [9.17, 15) is 4.79 Å². The molecule has 0 spiro atoms. The fourth-order valence-electron chi connectivity index (χ4n) is 3.26. The summed E-state index contributed by atoms with van der Waals surface area (Å²) in [6.07, 6.45) is 6.66. The summed E-state index contributed by atoms with van der Waals surface area (Å²) < 4.78 is 1.80. The van der Waals surface area contributed by atoms with Gasteiger partial charge in [-0.2, -0.15) is 5.10 Å². The molecule has 24 heavy (non-hydrogen) atoms. The number of rotatable bonds is 6. The van der Waals surface area contributed by atoms with Gasteiger partial charge in [0.25, 0.3) is 0 Å². The van der Waals surface area contributed by atoms with Gasteiger partial charge in [-0.15, -0.1) is 0 Å². The van der Waals surface area contributed by atoms with Crippen molar-refractivity contribution in [3.63, 3.8) is 0 Å². The van der Waals surface area contributed by atoms with Crippen molar-refractivity contribution in [1.29, 1.82) is 0 Å². The van der Waals surface area contributed by atoms with Crippen molar-refractivity contribution in [3.8, 4) is 5.69 Å². The molecule has 0 unspecified atom stereocenters. The molecule has 0 aliphatic carbocycles.